The van der Waals surface area contributed by atoms with Crippen LogP contribution in [0.4, 0.5) is 13.2 Å². The molecule has 1 atom stereocenters. The van der Waals surface area contributed by atoms with Gasteiger partial charge in [0.15, 0.2) is 5.60 Å². The Morgan fingerprint density at radius 1 is 1.20 bits per heavy atom. The van der Waals surface area contributed by atoms with Crippen LogP contribution in [0.2, 0.25) is 5.02 Å². The molecule has 2 aromatic carbocycles. The fraction of sp³-hybridized carbons (Fsp3) is 0.200. The molecular formula is C20H19ClF3N5O. The first kappa shape index (κ1) is 21.8. The zero-order valence-electron chi connectivity index (χ0n) is 15.9. The predicted octanol–water partition coefficient (Wildman–Crippen LogP) is 3.39. The van der Waals surface area contributed by atoms with Crippen LogP contribution >= 0.6 is 11.6 Å². The van der Waals surface area contributed by atoms with Gasteiger partial charge in [-0.05, 0) is 42.8 Å². The molecule has 0 aliphatic carbocycles. The van der Waals surface area contributed by atoms with Crippen molar-refractivity contribution in [2.45, 2.75) is 18.4 Å². The summed E-state index contributed by atoms with van der Waals surface area (Å²) in [6, 6.07) is 10.5. The van der Waals surface area contributed by atoms with Gasteiger partial charge in [-0.25, -0.2) is 15.2 Å². The number of aryl methyl sites for hydroxylation is 1. The lowest BCUT2D eigenvalue weighted by Crippen LogP contribution is -2.53. The molecule has 0 radical (unpaired) electrons. The van der Waals surface area contributed by atoms with Gasteiger partial charge in [0.2, 0.25) is 0 Å². The van der Waals surface area contributed by atoms with Crippen molar-refractivity contribution in [3.05, 3.63) is 76.2 Å². The number of fused-ring (bicyclic) bond motifs is 1. The zero-order valence-corrected chi connectivity index (χ0v) is 16.6. The second-order valence-corrected chi connectivity index (χ2v) is 7.32. The smallest absolute Gasteiger partial charge is 0.323 e. The molecule has 0 saturated heterocycles. The number of hydrazine groups is 1. The van der Waals surface area contributed by atoms with Gasteiger partial charge in [-0.15, -0.1) is 0 Å². The average molecular weight is 438 g/mol. The van der Waals surface area contributed by atoms with Crippen LogP contribution in [0.5, 0.6) is 0 Å². The summed E-state index contributed by atoms with van der Waals surface area (Å²) >= 11 is 5.92. The third-order valence-corrected chi connectivity index (χ3v) is 4.92. The molecular weight excluding hydrogens is 419 g/mol. The Kier molecular flexibility index (Phi) is 5.89. The molecule has 0 saturated carbocycles. The number of hydrogen-bond acceptors (Lipinski definition) is 5. The minimum absolute atomic E-state index is 0.233. The van der Waals surface area contributed by atoms with Crippen LogP contribution in [-0.2, 0) is 11.5 Å². The van der Waals surface area contributed by atoms with Gasteiger partial charge in [0.05, 0.1) is 12.1 Å². The van der Waals surface area contributed by atoms with Gasteiger partial charge >= 0.3 is 5.92 Å². The van der Waals surface area contributed by atoms with Crippen molar-refractivity contribution in [2.75, 3.05) is 6.54 Å². The van der Waals surface area contributed by atoms with E-state index in [1.807, 2.05) is 0 Å². The minimum atomic E-state index is -4.04. The number of halogens is 4. The Labute approximate surface area is 175 Å². The van der Waals surface area contributed by atoms with Crippen molar-refractivity contribution < 1.29 is 18.3 Å². The summed E-state index contributed by atoms with van der Waals surface area (Å²) in [4.78, 5) is 3.97. The van der Waals surface area contributed by atoms with Gasteiger partial charge in [0.25, 0.3) is 0 Å². The maximum Gasteiger partial charge on any atom is 0.323 e. The first-order valence-electron chi connectivity index (χ1n) is 8.77. The minimum Gasteiger partial charge on any atom is -0.377 e. The zero-order chi connectivity index (χ0) is 22.1. The van der Waals surface area contributed by atoms with Gasteiger partial charge in [0.1, 0.15) is 17.8 Å². The first-order valence-corrected chi connectivity index (χ1v) is 9.14. The fourth-order valence-corrected chi connectivity index (χ4v) is 3.36. The van der Waals surface area contributed by atoms with Gasteiger partial charge in [0, 0.05) is 16.0 Å². The molecule has 0 aliphatic rings. The fourth-order valence-electron chi connectivity index (χ4n) is 3.18. The van der Waals surface area contributed by atoms with Crippen LogP contribution in [-0.4, -0.2) is 28.0 Å². The van der Waals surface area contributed by atoms with E-state index in [4.69, 9.17) is 23.3 Å². The number of aliphatic hydroxyl groups is 1. The third kappa shape index (κ3) is 3.91. The van der Waals surface area contributed by atoms with Crippen LogP contribution in [0.15, 0.2) is 53.6 Å². The summed E-state index contributed by atoms with van der Waals surface area (Å²) in [6.07, 6.45) is 0.836. The van der Waals surface area contributed by atoms with Crippen molar-refractivity contribution in [1.82, 2.24) is 9.99 Å². The van der Waals surface area contributed by atoms with E-state index in [-0.39, 0.29) is 5.52 Å². The van der Waals surface area contributed by atoms with E-state index < -0.39 is 35.1 Å². The maximum atomic E-state index is 15.7. The van der Waals surface area contributed by atoms with Crippen molar-refractivity contribution in [2.24, 2.45) is 16.8 Å². The quantitative estimate of drug-likeness (QED) is 0.237. The van der Waals surface area contributed by atoms with E-state index in [2.05, 4.69) is 10.1 Å². The monoisotopic (exact) mass is 437 g/mol. The Bertz CT molecular complexity index is 1110. The maximum absolute atomic E-state index is 15.7. The van der Waals surface area contributed by atoms with Gasteiger partial charge < -0.3 is 10.9 Å². The van der Waals surface area contributed by atoms with E-state index in [1.54, 1.807) is 13.0 Å². The molecule has 0 spiro atoms. The van der Waals surface area contributed by atoms with Crippen molar-refractivity contribution in [3.63, 3.8) is 0 Å². The average Bonchev–Trinajstić information content (AvgIpc) is 2.67. The summed E-state index contributed by atoms with van der Waals surface area (Å²) in [5, 5.41) is 15.9. The molecule has 3 aromatic rings. The number of pyridine rings is 1. The molecule has 30 heavy (non-hydrogen) atoms. The number of benzene rings is 2. The molecule has 1 unspecified atom stereocenters. The molecule has 0 amide bonds. The number of rotatable bonds is 6. The highest BCUT2D eigenvalue weighted by atomic mass is 35.5. The molecule has 0 fully saturated rings. The lowest BCUT2D eigenvalue weighted by molar-refractivity contribution is -0.203. The topological polar surface area (TPSA) is 101 Å². The highest BCUT2D eigenvalue weighted by Crippen LogP contribution is 2.46. The van der Waals surface area contributed by atoms with Crippen LogP contribution in [0.1, 0.15) is 16.8 Å². The number of hydrogen-bond donors (Lipinski definition) is 3. The normalized spacial score (nSPS) is 14.2. The van der Waals surface area contributed by atoms with E-state index in [1.165, 1.54) is 24.3 Å². The van der Waals surface area contributed by atoms with E-state index in [9.17, 15) is 9.50 Å². The van der Waals surface area contributed by atoms with Gasteiger partial charge in [-0.2, -0.15) is 13.9 Å². The van der Waals surface area contributed by atoms with Crippen LogP contribution in [0, 0.1) is 12.7 Å². The molecule has 0 bridgehead atoms. The summed E-state index contributed by atoms with van der Waals surface area (Å²) < 4.78 is 46.1. The molecule has 3 rings (SSSR count). The summed E-state index contributed by atoms with van der Waals surface area (Å²) in [5.74, 6) is 5.58. The van der Waals surface area contributed by atoms with Crippen LogP contribution in [0.3, 0.4) is 0 Å². The number of nitrogens with two attached hydrogens (primary N) is 2. The van der Waals surface area contributed by atoms with Crippen molar-refractivity contribution >= 4 is 28.8 Å². The third-order valence-electron chi connectivity index (χ3n) is 4.69. The van der Waals surface area contributed by atoms with E-state index in [0.29, 0.717) is 21.0 Å². The second-order valence-electron chi connectivity index (χ2n) is 6.89. The highest BCUT2D eigenvalue weighted by molar-refractivity contribution is 6.31. The molecule has 1 heterocycles. The number of nitrogens with zero attached hydrogens (tertiary/aromatic N) is 3. The molecule has 5 N–H and O–H groups in total. The Morgan fingerprint density at radius 3 is 2.60 bits per heavy atom. The summed E-state index contributed by atoms with van der Waals surface area (Å²) in [7, 11) is 0. The summed E-state index contributed by atoms with van der Waals surface area (Å²) in [5.41, 5.74) is -3.77. The Balaban J connectivity index is 2.19. The van der Waals surface area contributed by atoms with E-state index in [0.717, 1.165) is 24.5 Å². The van der Waals surface area contributed by atoms with Crippen molar-refractivity contribution in [1.29, 1.82) is 0 Å². The van der Waals surface area contributed by atoms with Gasteiger partial charge in [-0.1, -0.05) is 29.8 Å². The predicted molar refractivity (Wildman–Crippen MR) is 109 cm³/mol. The SMILES string of the molecule is Cc1ccc(C(O)(CN(N)/C=N\N)C(F)(F)c2ccc3cc(Cl)ccc3n2)c(F)c1. The van der Waals surface area contributed by atoms with E-state index >= 15 is 8.78 Å². The first-order chi connectivity index (χ1) is 14.1. The number of alkyl halides is 2. The molecule has 0 aliphatic heterocycles. The second kappa shape index (κ2) is 8.10. The molecule has 10 heteroatoms. The largest absolute Gasteiger partial charge is 0.377 e. The summed E-state index contributed by atoms with van der Waals surface area (Å²) in [6.45, 7) is 0.678. The van der Waals surface area contributed by atoms with Gasteiger partial charge in [-0.3, -0.25) is 5.01 Å². The van der Waals surface area contributed by atoms with Crippen LogP contribution in [0.25, 0.3) is 10.9 Å². The van der Waals surface area contributed by atoms with Crippen molar-refractivity contribution in [3.8, 4) is 0 Å². The number of aromatic nitrogens is 1. The highest BCUT2D eigenvalue weighted by Gasteiger charge is 2.58. The molecule has 1 aromatic heterocycles. The number of hydrazone groups is 1. The Morgan fingerprint density at radius 2 is 1.93 bits per heavy atom. The molecule has 6 nitrogen and oxygen atoms in total. The molecule has 158 valence electrons. The Hall–Kier alpha value is -2.88. The van der Waals surface area contributed by atoms with Crippen LogP contribution < -0.4 is 11.7 Å². The standard InChI is InChI=1S/C20H19ClF3N5O/c1-12-2-5-15(16(22)8-12)19(30,10-29(26)11-27-25)20(23,24)18-7-3-13-9-14(21)4-6-17(13)28-18/h2-9,11,30H,10,25-26H2,1H3/b27-11-. The lowest BCUT2D eigenvalue weighted by Gasteiger charge is -2.38. The lowest BCUT2D eigenvalue weighted by atomic mass is 9.84.